The van der Waals surface area contributed by atoms with E-state index in [2.05, 4.69) is 315 Å². The van der Waals surface area contributed by atoms with E-state index in [4.69, 9.17) is 0 Å². The Morgan fingerprint density at radius 3 is 1.01 bits per heavy atom. The molecule has 398 valence electrons. The summed E-state index contributed by atoms with van der Waals surface area (Å²) < 4.78 is 2.77. The van der Waals surface area contributed by atoms with Crippen molar-refractivity contribution in [2.24, 2.45) is 0 Å². The second kappa shape index (κ2) is 23.3. The van der Waals surface area contributed by atoms with Crippen molar-refractivity contribution in [2.75, 3.05) is 0 Å². The van der Waals surface area contributed by atoms with Crippen LogP contribution in [0.4, 0.5) is 0 Å². The van der Waals surface area contributed by atoms with Crippen molar-refractivity contribution >= 4 is 31.5 Å². The van der Waals surface area contributed by atoms with E-state index in [9.17, 15) is 0 Å². The second-order valence-electron chi connectivity index (χ2n) is 27.5. The number of aryl methyl sites for hydroxylation is 3. The average molecular weight is 1030 g/mol. The summed E-state index contributed by atoms with van der Waals surface area (Å²) in [5, 5.41) is 2.79. The largest absolute Gasteiger partial charge is 0.135 e. The van der Waals surface area contributed by atoms with Crippen LogP contribution >= 0.6 is 11.3 Å². The molecule has 1 heteroatoms. The first-order chi connectivity index (χ1) is 35.2. The van der Waals surface area contributed by atoms with Gasteiger partial charge in [-0.1, -0.05) is 288 Å². The quantitative estimate of drug-likeness (QED) is 0.165. The van der Waals surface area contributed by atoms with Crippen molar-refractivity contribution in [3.63, 3.8) is 0 Å². The molecule has 0 bridgehead atoms. The highest BCUT2D eigenvalue weighted by molar-refractivity contribution is 7.25. The number of thiophene rings is 1. The van der Waals surface area contributed by atoms with Crippen LogP contribution in [0, 0.1) is 20.8 Å². The molecule has 0 aliphatic heterocycles. The van der Waals surface area contributed by atoms with E-state index in [0.717, 1.165) is 0 Å². The van der Waals surface area contributed by atoms with Crippen LogP contribution in [0.1, 0.15) is 175 Å². The average Bonchev–Trinajstić information content (AvgIpc) is 3.71. The number of fused-ring (bicyclic) bond motifs is 3. The molecule has 0 amide bonds. The van der Waals surface area contributed by atoms with Gasteiger partial charge in [0.25, 0.3) is 0 Å². The summed E-state index contributed by atoms with van der Waals surface area (Å²) in [5.41, 5.74) is 21.5. The molecule has 0 aliphatic carbocycles. The van der Waals surface area contributed by atoms with Gasteiger partial charge in [0.15, 0.2) is 0 Å². The summed E-state index contributed by atoms with van der Waals surface area (Å²) in [6, 6.07) is 64.6. The normalized spacial score (nSPS) is 12.3. The highest BCUT2D eigenvalue weighted by Gasteiger charge is 2.22. The minimum absolute atomic E-state index is 0.154. The Hall–Kier alpha value is -6.02. The molecule has 1 heterocycles. The Labute approximate surface area is 466 Å². The van der Waals surface area contributed by atoms with Gasteiger partial charge in [-0.05, 0) is 149 Å². The van der Waals surface area contributed by atoms with Gasteiger partial charge in [-0.15, -0.1) is 11.3 Å². The first-order valence-corrected chi connectivity index (χ1v) is 28.6. The minimum atomic E-state index is 0.154. The zero-order valence-electron chi connectivity index (χ0n) is 50.7. The SMILES string of the molecule is CC(C)(C)c1ccc(-c2cc(C(C)(C)C)cc(C(C)(C)C)c2)cc1.CC(C)(C)c1ccc(-c2ccccc2)cc1.CC(C)(C)c1ccc2sc3ccccc3c2c1.Cc1cc(C)c(-c2ccc(C(C)(C)C)cc2)c(C)c1. The molecule has 9 rings (SSSR count). The molecule has 0 atom stereocenters. The van der Waals surface area contributed by atoms with Crippen molar-refractivity contribution in [1.82, 2.24) is 0 Å². The Kier molecular flexibility index (Phi) is 18.2. The fourth-order valence-electron chi connectivity index (χ4n) is 9.58. The van der Waals surface area contributed by atoms with E-state index in [1.807, 2.05) is 17.4 Å². The molecule has 0 radical (unpaired) electrons. The van der Waals surface area contributed by atoms with E-state index < -0.39 is 0 Å². The van der Waals surface area contributed by atoms with Crippen molar-refractivity contribution in [1.29, 1.82) is 0 Å². The van der Waals surface area contributed by atoms with Gasteiger partial charge in [0.05, 0.1) is 0 Å². The van der Waals surface area contributed by atoms with Crippen LogP contribution in [0.15, 0.2) is 176 Å². The van der Waals surface area contributed by atoms with E-state index in [0.29, 0.717) is 0 Å². The molecule has 0 N–H and O–H groups in total. The van der Waals surface area contributed by atoms with Crippen molar-refractivity contribution < 1.29 is 0 Å². The Bertz CT molecular complexity index is 3260. The standard InChI is InChI=1S/C24H34.C19H24.C16H16S.C16H18/c1-22(2,3)19-12-10-17(11-13-19)18-14-20(23(4,5)6)16-21(15-18)24(7,8)9;1-13-11-14(2)18(15(3)12-13)16-7-9-17(10-8-16)19(4,5)6;1-16(2,3)11-8-9-15-13(10-11)12-6-4-5-7-14(12)17-15;1-16(2,3)15-11-9-14(10-12-15)13-7-5-4-6-8-13/h10-16H,1-9H3;7-12H,1-6H3;4-10H,1-3H3;4-12H,1-3H3. The molecule has 1 aromatic heterocycles. The third-order valence-corrected chi connectivity index (χ3v) is 15.7. The van der Waals surface area contributed by atoms with Crippen molar-refractivity contribution in [2.45, 2.75) is 178 Å². The number of hydrogen-bond acceptors (Lipinski definition) is 1. The third-order valence-electron chi connectivity index (χ3n) is 14.6. The number of hydrogen-bond donors (Lipinski definition) is 0. The Morgan fingerprint density at radius 2 is 0.592 bits per heavy atom. The highest BCUT2D eigenvalue weighted by atomic mass is 32.1. The van der Waals surface area contributed by atoms with Gasteiger partial charge in [0, 0.05) is 20.2 Å². The first-order valence-electron chi connectivity index (χ1n) is 27.7. The lowest BCUT2D eigenvalue weighted by Crippen LogP contribution is -2.16. The van der Waals surface area contributed by atoms with Gasteiger partial charge >= 0.3 is 0 Å². The fourth-order valence-corrected chi connectivity index (χ4v) is 10.7. The fraction of sp³-hybridized carbons (Fsp3) is 0.360. The molecular formula is C75H92S. The van der Waals surface area contributed by atoms with Gasteiger partial charge in [-0.2, -0.15) is 0 Å². The molecule has 0 saturated carbocycles. The van der Waals surface area contributed by atoms with Gasteiger partial charge < -0.3 is 0 Å². The van der Waals surface area contributed by atoms with Crippen LogP contribution < -0.4 is 0 Å². The lowest BCUT2D eigenvalue weighted by Gasteiger charge is -2.26. The maximum Gasteiger partial charge on any atom is 0.0355 e. The van der Waals surface area contributed by atoms with Crippen LogP contribution in [0.5, 0.6) is 0 Å². The minimum Gasteiger partial charge on any atom is -0.135 e. The van der Waals surface area contributed by atoms with Crippen LogP contribution in [0.2, 0.25) is 0 Å². The molecule has 0 unspecified atom stereocenters. The maximum atomic E-state index is 2.38. The molecular weight excluding hydrogens is 933 g/mol. The molecule has 0 spiro atoms. The predicted octanol–water partition coefficient (Wildman–Crippen LogP) is 22.8. The van der Waals surface area contributed by atoms with E-state index in [1.165, 1.54) is 104 Å². The molecule has 0 saturated heterocycles. The number of benzene rings is 8. The van der Waals surface area contributed by atoms with Crippen LogP contribution in [0.3, 0.4) is 0 Å². The molecule has 8 aromatic carbocycles. The lowest BCUT2D eigenvalue weighted by atomic mass is 9.78. The second-order valence-corrected chi connectivity index (χ2v) is 28.6. The zero-order chi connectivity index (χ0) is 56.2. The maximum absolute atomic E-state index is 2.38. The molecule has 9 aromatic rings. The molecule has 0 fully saturated rings. The predicted molar refractivity (Wildman–Crippen MR) is 341 cm³/mol. The van der Waals surface area contributed by atoms with Crippen molar-refractivity contribution in [3.8, 4) is 33.4 Å². The highest BCUT2D eigenvalue weighted by Crippen LogP contribution is 2.38. The summed E-state index contributed by atoms with van der Waals surface area (Å²) in [5.74, 6) is 0. The summed E-state index contributed by atoms with van der Waals surface area (Å²) in [4.78, 5) is 0. The zero-order valence-corrected chi connectivity index (χ0v) is 51.5. The summed E-state index contributed by atoms with van der Waals surface area (Å²) in [6.45, 7) is 47.4. The van der Waals surface area contributed by atoms with E-state index in [1.54, 1.807) is 0 Å². The monoisotopic (exact) mass is 1020 g/mol. The van der Waals surface area contributed by atoms with Crippen LogP contribution in [-0.2, 0) is 32.5 Å². The van der Waals surface area contributed by atoms with Crippen molar-refractivity contribution in [3.05, 3.63) is 226 Å². The third kappa shape index (κ3) is 15.6. The summed E-state index contributed by atoms with van der Waals surface area (Å²) in [7, 11) is 0. The van der Waals surface area contributed by atoms with E-state index >= 15 is 0 Å². The Balaban J connectivity index is 0.000000166. The number of rotatable bonds is 3. The van der Waals surface area contributed by atoms with Gasteiger partial charge in [-0.3, -0.25) is 0 Å². The van der Waals surface area contributed by atoms with Gasteiger partial charge in [-0.25, -0.2) is 0 Å². The smallest absolute Gasteiger partial charge is 0.0355 e. The molecule has 76 heavy (non-hydrogen) atoms. The van der Waals surface area contributed by atoms with E-state index in [-0.39, 0.29) is 32.5 Å². The molecule has 0 nitrogen and oxygen atoms in total. The summed E-state index contributed by atoms with van der Waals surface area (Å²) >= 11 is 1.88. The summed E-state index contributed by atoms with van der Waals surface area (Å²) in [6.07, 6.45) is 0. The Morgan fingerprint density at radius 1 is 0.250 bits per heavy atom. The topological polar surface area (TPSA) is 0 Å². The van der Waals surface area contributed by atoms with Gasteiger partial charge in [0.1, 0.15) is 0 Å². The molecule has 0 aliphatic rings. The first kappa shape index (κ1) is 59.2. The van der Waals surface area contributed by atoms with Crippen LogP contribution in [-0.4, -0.2) is 0 Å². The van der Waals surface area contributed by atoms with Gasteiger partial charge in [0.2, 0.25) is 0 Å². The lowest BCUT2D eigenvalue weighted by molar-refractivity contribution is 0.569. The van der Waals surface area contributed by atoms with Crippen LogP contribution in [0.25, 0.3) is 53.6 Å².